The fourth-order valence-corrected chi connectivity index (χ4v) is 4.04. The monoisotopic (exact) mass is 493 g/mol. The summed E-state index contributed by atoms with van der Waals surface area (Å²) in [4.78, 5) is 19.3. The molecular weight excluding hydrogens is 457 g/mol. The van der Waals surface area contributed by atoms with Gasteiger partial charge in [-0.05, 0) is 44.4 Å². The number of hydrogen-bond acceptors (Lipinski definition) is 6. The summed E-state index contributed by atoms with van der Waals surface area (Å²) >= 11 is 0. The lowest BCUT2D eigenvalue weighted by atomic mass is 10.0. The number of nitrogens with zero attached hydrogens (tertiary/aromatic N) is 5. The zero-order valence-electron chi connectivity index (χ0n) is 22.5. The van der Waals surface area contributed by atoms with Crippen molar-refractivity contribution in [1.82, 2.24) is 19.7 Å². The summed E-state index contributed by atoms with van der Waals surface area (Å²) in [6.45, 7) is 12.3. The summed E-state index contributed by atoms with van der Waals surface area (Å²) in [6, 6.07) is 3.98. The maximum atomic E-state index is 14.9. The number of anilines is 2. The number of rotatable bonds is 6. The highest BCUT2D eigenvalue weighted by Gasteiger charge is 2.20. The Hall–Kier alpha value is -3.81. The zero-order valence-corrected chi connectivity index (χ0v) is 22.5. The Kier molecular flexibility index (Phi) is 10.5. The smallest absolute Gasteiger partial charge is 0.165 e. The molecule has 0 atom stereocenters. The Morgan fingerprint density at radius 3 is 2.39 bits per heavy atom. The molecule has 0 unspecified atom stereocenters. The number of carbonyl (C=O) groups excluding carboxylic acids is 1. The summed E-state index contributed by atoms with van der Waals surface area (Å²) in [5, 5.41) is 5.32. The number of hydrogen-bond donors (Lipinski definition) is 0. The number of benzene rings is 1. The molecule has 36 heavy (non-hydrogen) atoms. The van der Waals surface area contributed by atoms with E-state index in [9.17, 15) is 4.39 Å². The molecule has 3 heterocycles. The van der Waals surface area contributed by atoms with E-state index in [1.165, 1.54) is 13.1 Å². The van der Waals surface area contributed by atoms with Crippen LogP contribution in [-0.4, -0.2) is 40.2 Å². The van der Waals surface area contributed by atoms with Crippen molar-refractivity contribution in [3.63, 3.8) is 0 Å². The number of halogens is 1. The van der Waals surface area contributed by atoms with Crippen LogP contribution in [0.15, 0.2) is 43.1 Å². The third kappa shape index (κ3) is 5.87. The number of pyridine rings is 2. The van der Waals surface area contributed by atoms with E-state index in [-0.39, 0.29) is 5.82 Å². The van der Waals surface area contributed by atoms with Crippen LogP contribution in [0.3, 0.4) is 0 Å². The van der Waals surface area contributed by atoms with Gasteiger partial charge in [-0.15, -0.1) is 0 Å². The zero-order chi connectivity index (χ0) is 26.8. The number of methoxy groups -OCH3 is 1. The highest BCUT2D eigenvalue weighted by Crippen LogP contribution is 2.40. The molecule has 8 heteroatoms. The van der Waals surface area contributed by atoms with Crippen molar-refractivity contribution in [3.8, 4) is 16.9 Å². The molecule has 3 aromatic heterocycles. The minimum atomic E-state index is -0.343. The van der Waals surface area contributed by atoms with Gasteiger partial charge in [-0.1, -0.05) is 20.8 Å². The standard InChI is InChI=1S/C24H26FN5O.C2H4O.C2H6/c1-6-16-11-26-13-20(25)24(16)29(4)23-15(3)10-27-21-9-22(31-5)18(8-19(21)23)17-12-28-30(7-2)14-17;1-2-3;1-2/h8-14H,6-7H2,1-5H3;2H,1H3;1-2H3. The van der Waals surface area contributed by atoms with E-state index in [4.69, 9.17) is 9.53 Å². The van der Waals surface area contributed by atoms with Crippen LogP contribution in [-0.2, 0) is 17.8 Å². The van der Waals surface area contributed by atoms with Crippen LogP contribution >= 0.6 is 0 Å². The maximum absolute atomic E-state index is 14.9. The third-order valence-electron chi connectivity index (χ3n) is 5.61. The van der Waals surface area contributed by atoms with Crippen molar-refractivity contribution in [3.05, 3.63) is 60.1 Å². The normalized spacial score (nSPS) is 10.1. The number of ether oxygens (including phenoxy) is 1. The van der Waals surface area contributed by atoms with Crippen molar-refractivity contribution >= 4 is 28.6 Å². The highest BCUT2D eigenvalue weighted by molar-refractivity contribution is 5.99. The molecule has 0 saturated carbocycles. The topological polar surface area (TPSA) is 73.1 Å². The summed E-state index contributed by atoms with van der Waals surface area (Å²) in [7, 11) is 3.54. The summed E-state index contributed by atoms with van der Waals surface area (Å²) in [5.41, 5.74) is 5.89. The van der Waals surface area contributed by atoms with Crippen LogP contribution in [0.5, 0.6) is 5.75 Å². The van der Waals surface area contributed by atoms with Crippen LogP contribution in [0.1, 0.15) is 45.7 Å². The molecular formula is C28H36FN5O2. The number of fused-ring (bicyclic) bond motifs is 1. The van der Waals surface area contributed by atoms with Gasteiger partial charge in [0.15, 0.2) is 5.82 Å². The Morgan fingerprint density at radius 1 is 1.11 bits per heavy atom. The first-order valence-corrected chi connectivity index (χ1v) is 12.2. The molecule has 192 valence electrons. The van der Waals surface area contributed by atoms with E-state index in [2.05, 4.69) is 21.1 Å². The Bertz CT molecular complexity index is 1300. The average molecular weight is 494 g/mol. The lowest BCUT2D eigenvalue weighted by Gasteiger charge is -2.26. The van der Waals surface area contributed by atoms with Crippen LogP contribution in [0, 0.1) is 12.7 Å². The first-order chi connectivity index (χ1) is 17.4. The number of carbonyl (C=O) groups is 1. The van der Waals surface area contributed by atoms with Gasteiger partial charge >= 0.3 is 0 Å². The van der Waals surface area contributed by atoms with Gasteiger partial charge < -0.3 is 14.4 Å². The molecule has 4 aromatic rings. The molecule has 0 radical (unpaired) electrons. The van der Waals surface area contributed by atoms with Gasteiger partial charge in [0.2, 0.25) is 0 Å². The second kappa shape index (κ2) is 13.3. The number of aldehydes is 1. The summed E-state index contributed by atoms with van der Waals surface area (Å²) in [5.74, 6) is 0.376. The van der Waals surface area contributed by atoms with E-state index in [0.717, 1.165) is 57.4 Å². The second-order valence-corrected chi connectivity index (χ2v) is 7.72. The SMILES string of the molecule is CC.CC=O.CCc1cncc(F)c1N(C)c1c(C)cnc2cc(OC)c(-c3cnn(CC)c3)cc12. The van der Waals surface area contributed by atoms with Gasteiger partial charge in [-0.2, -0.15) is 5.10 Å². The van der Waals surface area contributed by atoms with Gasteiger partial charge in [-0.3, -0.25) is 14.6 Å². The molecule has 0 saturated heterocycles. The Labute approximate surface area is 213 Å². The fourth-order valence-electron chi connectivity index (χ4n) is 4.04. The molecule has 0 aliphatic carbocycles. The van der Waals surface area contributed by atoms with Crippen LogP contribution < -0.4 is 9.64 Å². The summed E-state index contributed by atoms with van der Waals surface area (Å²) < 4.78 is 22.4. The van der Waals surface area contributed by atoms with Gasteiger partial charge in [-0.25, -0.2) is 4.39 Å². The largest absolute Gasteiger partial charge is 0.496 e. The molecule has 7 nitrogen and oxygen atoms in total. The first-order valence-electron chi connectivity index (χ1n) is 12.2. The fraction of sp³-hybridized carbons (Fsp3) is 0.357. The van der Waals surface area contributed by atoms with E-state index >= 15 is 0 Å². The average Bonchev–Trinajstić information content (AvgIpc) is 3.38. The van der Waals surface area contributed by atoms with E-state index in [1.54, 1.807) is 13.3 Å². The quantitative estimate of drug-likeness (QED) is 0.284. The minimum absolute atomic E-state index is 0.343. The number of aryl methyl sites for hydroxylation is 3. The van der Waals surface area contributed by atoms with Crippen molar-refractivity contribution in [2.24, 2.45) is 0 Å². The Morgan fingerprint density at radius 2 is 1.81 bits per heavy atom. The molecule has 0 aliphatic heterocycles. The molecule has 4 rings (SSSR count). The third-order valence-corrected chi connectivity index (χ3v) is 5.61. The lowest BCUT2D eigenvalue weighted by molar-refractivity contribution is -0.106. The van der Waals surface area contributed by atoms with Gasteiger partial charge in [0.1, 0.15) is 12.0 Å². The van der Waals surface area contributed by atoms with Crippen molar-refractivity contribution in [2.75, 3.05) is 19.1 Å². The molecule has 0 spiro atoms. The van der Waals surface area contributed by atoms with Crippen LogP contribution in [0.25, 0.3) is 22.0 Å². The van der Waals surface area contributed by atoms with E-state index < -0.39 is 0 Å². The van der Waals surface area contributed by atoms with Crippen LogP contribution in [0.4, 0.5) is 15.8 Å². The Balaban J connectivity index is 0.000000850. The molecule has 0 N–H and O–H groups in total. The van der Waals surface area contributed by atoms with Crippen molar-refractivity contribution < 1.29 is 13.9 Å². The molecule has 0 aliphatic rings. The predicted molar refractivity (Wildman–Crippen MR) is 145 cm³/mol. The molecule has 0 bridgehead atoms. The first kappa shape index (κ1) is 28.4. The van der Waals surface area contributed by atoms with Gasteiger partial charge in [0.25, 0.3) is 0 Å². The number of aromatic nitrogens is 4. The highest BCUT2D eigenvalue weighted by atomic mass is 19.1. The van der Waals surface area contributed by atoms with Gasteiger partial charge in [0, 0.05) is 54.8 Å². The maximum Gasteiger partial charge on any atom is 0.165 e. The second-order valence-electron chi connectivity index (χ2n) is 7.72. The lowest BCUT2D eigenvalue weighted by Crippen LogP contribution is -2.16. The van der Waals surface area contributed by atoms with E-state index in [1.807, 2.05) is 75.9 Å². The predicted octanol–water partition coefficient (Wildman–Crippen LogP) is 6.53. The minimum Gasteiger partial charge on any atom is -0.496 e. The van der Waals surface area contributed by atoms with E-state index in [0.29, 0.717) is 12.1 Å². The molecule has 1 aromatic carbocycles. The molecule has 0 fully saturated rings. The van der Waals surface area contributed by atoms with Gasteiger partial charge in [0.05, 0.1) is 36.4 Å². The van der Waals surface area contributed by atoms with Crippen LogP contribution in [0.2, 0.25) is 0 Å². The van der Waals surface area contributed by atoms with Crippen molar-refractivity contribution in [1.29, 1.82) is 0 Å². The molecule has 0 amide bonds. The summed E-state index contributed by atoms with van der Waals surface area (Å²) in [6.07, 6.45) is 10.1. The van der Waals surface area contributed by atoms with Crippen molar-refractivity contribution in [2.45, 2.75) is 54.5 Å².